The van der Waals surface area contributed by atoms with Crippen molar-refractivity contribution in [3.8, 4) is 5.75 Å². The summed E-state index contributed by atoms with van der Waals surface area (Å²) in [6.07, 6.45) is -4.07. The second kappa shape index (κ2) is 14.6. The number of carbonyl (C=O) groups is 2. The molecule has 0 atom stereocenters. The number of carboxylic acids is 1. The van der Waals surface area contributed by atoms with E-state index >= 15 is 0 Å². The van der Waals surface area contributed by atoms with E-state index in [1.54, 1.807) is 25.1 Å². The van der Waals surface area contributed by atoms with Gasteiger partial charge in [0.05, 0.1) is 20.4 Å². The zero-order chi connectivity index (χ0) is 31.1. The van der Waals surface area contributed by atoms with Gasteiger partial charge in [0.1, 0.15) is 16.7 Å². The van der Waals surface area contributed by atoms with Gasteiger partial charge in [-0.25, -0.2) is 8.42 Å². The number of rotatable bonds is 14. The number of benzene rings is 2. The van der Waals surface area contributed by atoms with E-state index in [4.69, 9.17) is 33.0 Å². The molecule has 3 rings (SSSR count). The number of hydrogen-bond donors (Lipinski definition) is 2. The summed E-state index contributed by atoms with van der Waals surface area (Å²) in [4.78, 5) is 23.5. The molecule has 0 aliphatic heterocycles. The van der Waals surface area contributed by atoms with Crippen LogP contribution in [0.1, 0.15) is 46.8 Å². The van der Waals surface area contributed by atoms with Crippen molar-refractivity contribution in [3.63, 3.8) is 0 Å². The number of aliphatic carboxylic acids is 1. The first-order valence-electron chi connectivity index (χ1n) is 12.6. The quantitative estimate of drug-likeness (QED) is 0.203. The van der Waals surface area contributed by atoms with Gasteiger partial charge in [-0.05, 0) is 66.4 Å². The van der Waals surface area contributed by atoms with E-state index in [-0.39, 0.29) is 53.9 Å². The number of hydrogen-bond acceptors (Lipinski definition) is 6. The fraction of sp³-hybridized carbons (Fsp3) is 0.333. The Bertz CT molecular complexity index is 1510. The lowest BCUT2D eigenvalue weighted by Crippen LogP contribution is -2.35. The SMILES string of the molecule is CCCN(CCOc1ccc(CCC(=O)O)c(CNC(=O)c2cc(Cl)sc2Cl)c1)S(=O)(=O)c1ccc(C(F)(F)F)cc1. The van der Waals surface area contributed by atoms with Crippen LogP contribution in [0.3, 0.4) is 0 Å². The molecule has 0 unspecified atom stereocenters. The fourth-order valence-corrected chi connectivity index (χ4v) is 6.91. The Morgan fingerprint density at radius 1 is 1.05 bits per heavy atom. The minimum absolute atomic E-state index is 0.0268. The molecule has 228 valence electrons. The molecule has 2 N–H and O–H groups in total. The number of nitrogens with zero attached hydrogens (tertiary/aromatic N) is 1. The van der Waals surface area contributed by atoms with E-state index in [1.165, 1.54) is 6.07 Å². The first kappa shape index (κ1) is 33.7. The van der Waals surface area contributed by atoms with Crippen LogP contribution < -0.4 is 10.1 Å². The molecule has 0 aliphatic carbocycles. The molecule has 1 heterocycles. The zero-order valence-electron chi connectivity index (χ0n) is 22.2. The molecule has 0 radical (unpaired) electrons. The summed E-state index contributed by atoms with van der Waals surface area (Å²) >= 11 is 13.0. The second-order valence-electron chi connectivity index (χ2n) is 9.02. The normalized spacial score (nSPS) is 12.0. The van der Waals surface area contributed by atoms with Crippen molar-refractivity contribution in [1.82, 2.24) is 9.62 Å². The lowest BCUT2D eigenvalue weighted by Gasteiger charge is -2.22. The van der Waals surface area contributed by atoms with Gasteiger partial charge in [-0.15, -0.1) is 11.3 Å². The Morgan fingerprint density at radius 3 is 2.31 bits per heavy atom. The number of alkyl halides is 3. The van der Waals surface area contributed by atoms with Crippen LogP contribution in [0, 0.1) is 0 Å². The van der Waals surface area contributed by atoms with Crippen molar-refractivity contribution in [2.75, 3.05) is 19.7 Å². The molecule has 0 spiro atoms. The first-order valence-corrected chi connectivity index (χ1v) is 15.6. The number of sulfonamides is 1. The monoisotopic (exact) mass is 666 g/mol. The highest BCUT2D eigenvalue weighted by Crippen LogP contribution is 2.32. The van der Waals surface area contributed by atoms with E-state index in [9.17, 15) is 31.2 Å². The highest BCUT2D eigenvalue weighted by Gasteiger charge is 2.31. The topological polar surface area (TPSA) is 113 Å². The molecule has 2 aromatic carbocycles. The zero-order valence-corrected chi connectivity index (χ0v) is 25.4. The summed E-state index contributed by atoms with van der Waals surface area (Å²) < 4.78 is 72.5. The van der Waals surface area contributed by atoms with Crippen LogP contribution >= 0.6 is 34.5 Å². The molecule has 8 nitrogen and oxygen atoms in total. The number of ether oxygens (including phenoxy) is 1. The molecule has 15 heteroatoms. The largest absolute Gasteiger partial charge is 0.492 e. The van der Waals surface area contributed by atoms with E-state index in [2.05, 4.69) is 5.32 Å². The average molecular weight is 668 g/mol. The summed E-state index contributed by atoms with van der Waals surface area (Å²) in [5.41, 5.74) is 0.503. The van der Waals surface area contributed by atoms with Crippen LogP contribution in [0.25, 0.3) is 0 Å². The summed E-state index contributed by atoms with van der Waals surface area (Å²) in [6, 6.07) is 9.62. The van der Waals surface area contributed by atoms with Crippen molar-refractivity contribution < 1.29 is 41.0 Å². The Morgan fingerprint density at radius 2 is 1.74 bits per heavy atom. The third kappa shape index (κ3) is 9.08. The molecular weight excluding hydrogens is 640 g/mol. The smallest absolute Gasteiger partial charge is 0.416 e. The summed E-state index contributed by atoms with van der Waals surface area (Å²) in [5.74, 6) is -1.11. The molecule has 0 saturated carbocycles. The van der Waals surface area contributed by atoms with E-state index < -0.39 is 33.6 Å². The van der Waals surface area contributed by atoms with Gasteiger partial charge in [0.15, 0.2) is 0 Å². The predicted molar refractivity (Wildman–Crippen MR) is 154 cm³/mol. The maximum Gasteiger partial charge on any atom is 0.416 e. The van der Waals surface area contributed by atoms with Gasteiger partial charge in [0, 0.05) is 26.1 Å². The van der Waals surface area contributed by atoms with Crippen LogP contribution in [-0.4, -0.2) is 49.4 Å². The van der Waals surface area contributed by atoms with Crippen LogP contribution in [0.5, 0.6) is 5.75 Å². The van der Waals surface area contributed by atoms with Gasteiger partial charge in [-0.1, -0.05) is 36.2 Å². The van der Waals surface area contributed by atoms with E-state index in [0.717, 1.165) is 39.9 Å². The molecule has 42 heavy (non-hydrogen) atoms. The van der Waals surface area contributed by atoms with Crippen LogP contribution in [-0.2, 0) is 34.0 Å². The predicted octanol–water partition coefficient (Wildman–Crippen LogP) is 6.50. The molecule has 0 bridgehead atoms. The van der Waals surface area contributed by atoms with Crippen LogP contribution in [0.15, 0.2) is 53.4 Å². The number of aryl methyl sites for hydroxylation is 1. The minimum Gasteiger partial charge on any atom is -0.492 e. The van der Waals surface area contributed by atoms with Crippen molar-refractivity contribution in [3.05, 3.63) is 79.5 Å². The highest BCUT2D eigenvalue weighted by molar-refractivity contribution is 7.89. The van der Waals surface area contributed by atoms with Gasteiger partial charge in [-0.2, -0.15) is 17.5 Å². The van der Waals surface area contributed by atoms with Crippen LogP contribution in [0.2, 0.25) is 8.67 Å². The van der Waals surface area contributed by atoms with Crippen molar-refractivity contribution in [2.24, 2.45) is 0 Å². The van der Waals surface area contributed by atoms with Crippen molar-refractivity contribution in [2.45, 2.75) is 43.8 Å². The average Bonchev–Trinajstić information content (AvgIpc) is 3.27. The first-order chi connectivity index (χ1) is 19.7. The summed E-state index contributed by atoms with van der Waals surface area (Å²) in [7, 11) is -4.09. The van der Waals surface area contributed by atoms with Gasteiger partial charge in [-0.3, -0.25) is 9.59 Å². The number of amides is 1. The Labute approximate surface area is 255 Å². The molecule has 0 saturated heterocycles. The maximum absolute atomic E-state index is 13.1. The molecule has 3 aromatic rings. The molecule has 1 amide bonds. The van der Waals surface area contributed by atoms with Crippen molar-refractivity contribution in [1.29, 1.82) is 0 Å². The number of carbonyl (C=O) groups excluding carboxylic acids is 1. The molecule has 0 aliphatic rings. The summed E-state index contributed by atoms with van der Waals surface area (Å²) in [6.45, 7) is 1.75. The van der Waals surface area contributed by atoms with E-state index in [0.29, 0.717) is 27.6 Å². The Hall–Kier alpha value is -2.84. The second-order valence-corrected chi connectivity index (χ2v) is 13.2. The van der Waals surface area contributed by atoms with Crippen molar-refractivity contribution >= 4 is 56.4 Å². The van der Waals surface area contributed by atoms with Gasteiger partial charge >= 0.3 is 12.1 Å². The standard InChI is InChI=1S/C27H27Cl2F3N2O6S2/c1-2-11-34(42(38,39)21-8-5-19(6-9-21)27(30,31)32)12-13-40-20-7-3-17(4-10-24(35)36)18(14-20)16-33-26(37)22-15-23(28)41-25(22)29/h3,5-9,14-15H,2,4,10-13,16H2,1H3,(H,33,37)(H,35,36). The lowest BCUT2D eigenvalue weighted by atomic mass is 10.0. The number of halogens is 5. The number of thiophene rings is 1. The molecule has 0 fully saturated rings. The van der Waals surface area contributed by atoms with Crippen LogP contribution in [0.4, 0.5) is 13.2 Å². The molecular formula is C27H27Cl2F3N2O6S2. The third-order valence-corrected chi connectivity index (χ3v) is 9.43. The Balaban J connectivity index is 1.72. The summed E-state index contributed by atoms with van der Waals surface area (Å²) in [5, 5.41) is 11.8. The fourth-order valence-electron chi connectivity index (χ4n) is 3.94. The molecule has 1 aromatic heterocycles. The van der Waals surface area contributed by atoms with E-state index in [1.807, 2.05) is 0 Å². The number of nitrogens with one attached hydrogen (secondary N) is 1. The van der Waals surface area contributed by atoms with Gasteiger partial charge in [0.25, 0.3) is 5.91 Å². The Kier molecular flexibility index (Phi) is 11.7. The maximum atomic E-state index is 13.1. The highest BCUT2D eigenvalue weighted by atomic mass is 35.5. The number of carboxylic acid groups (broad SMARTS) is 1. The third-order valence-electron chi connectivity index (χ3n) is 6.03. The lowest BCUT2D eigenvalue weighted by molar-refractivity contribution is -0.138. The van der Waals surface area contributed by atoms with Gasteiger partial charge < -0.3 is 15.2 Å². The van der Waals surface area contributed by atoms with Gasteiger partial charge in [0.2, 0.25) is 10.0 Å². The minimum atomic E-state index is -4.59.